The molecule has 31 heavy (non-hydrogen) atoms. The van der Waals surface area contributed by atoms with E-state index in [9.17, 15) is 14.9 Å². The number of benzene rings is 2. The Morgan fingerprint density at radius 3 is 2.55 bits per heavy atom. The second-order valence-corrected chi connectivity index (χ2v) is 7.68. The molecule has 0 fully saturated rings. The summed E-state index contributed by atoms with van der Waals surface area (Å²) in [5.74, 6) is -0.146. The van der Waals surface area contributed by atoms with Crippen molar-refractivity contribution in [3.8, 4) is 0 Å². The second-order valence-electron chi connectivity index (χ2n) is 7.68. The lowest BCUT2D eigenvalue weighted by molar-refractivity contribution is -0.384. The Hall–Kier alpha value is -3.58. The van der Waals surface area contributed by atoms with Crippen LogP contribution in [-0.2, 0) is 6.42 Å². The fraction of sp³-hybridized carbons (Fsp3) is 0.250. The first kappa shape index (κ1) is 22.1. The van der Waals surface area contributed by atoms with E-state index in [1.165, 1.54) is 12.3 Å². The largest absolute Gasteiger partial charge is 0.348 e. The maximum atomic E-state index is 13.2. The van der Waals surface area contributed by atoms with Crippen LogP contribution in [0.25, 0.3) is 0 Å². The molecule has 7 heteroatoms. The number of ketones is 1. The zero-order valence-electron chi connectivity index (χ0n) is 18.0. The number of nitrogens with one attached hydrogen (secondary N) is 1. The molecule has 0 spiro atoms. The first-order valence-electron chi connectivity index (χ1n) is 10.1. The van der Waals surface area contributed by atoms with Gasteiger partial charge < -0.3 is 10.2 Å². The molecule has 0 saturated heterocycles. The Bertz CT molecular complexity index is 1080. The van der Waals surface area contributed by atoms with Gasteiger partial charge in [-0.15, -0.1) is 0 Å². The van der Waals surface area contributed by atoms with Crippen molar-refractivity contribution >= 4 is 22.8 Å². The van der Waals surface area contributed by atoms with E-state index in [0.29, 0.717) is 34.6 Å². The van der Waals surface area contributed by atoms with Crippen LogP contribution in [-0.4, -0.2) is 41.2 Å². The SMILES string of the molecule is Cc1ccc(Nc2c([N+](=O)[O-])ccnc2CCCN(C)C)c(C(=O)c2ccccc2)c1. The number of anilines is 2. The number of nitro groups is 1. The number of carbonyl (C=O) groups is 1. The van der Waals surface area contributed by atoms with E-state index < -0.39 is 4.92 Å². The highest BCUT2D eigenvalue weighted by molar-refractivity contribution is 6.12. The summed E-state index contributed by atoms with van der Waals surface area (Å²) in [7, 11) is 3.96. The van der Waals surface area contributed by atoms with Crippen LogP contribution in [0.15, 0.2) is 60.8 Å². The molecule has 0 aliphatic rings. The molecular weight excluding hydrogens is 392 g/mol. The lowest BCUT2D eigenvalue weighted by Crippen LogP contribution is -2.14. The van der Waals surface area contributed by atoms with Gasteiger partial charge in [-0.1, -0.05) is 42.0 Å². The maximum Gasteiger partial charge on any atom is 0.296 e. The molecule has 1 heterocycles. The Morgan fingerprint density at radius 1 is 1.13 bits per heavy atom. The van der Waals surface area contributed by atoms with Crippen LogP contribution in [0.5, 0.6) is 0 Å². The maximum absolute atomic E-state index is 13.2. The molecule has 0 radical (unpaired) electrons. The minimum absolute atomic E-state index is 0.0615. The van der Waals surface area contributed by atoms with Crippen LogP contribution in [0.2, 0.25) is 0 Å². The number of hydrogen-bond donors (Lipinski definition) is 1. The first-order valence-corrected chi connectivity index (χ1v) is 10.1. The quantitative estimate of drug-likeness (QED) is 0.306. The third-order valence-electron chi connectivity index (χ3n) is 4.94. The predicted molar refractivity (Wildman–Crippen MR) is 122 cm³/mol. The average Bonchev–Trinajstić information content (AvgIpc) is 2.75. The number of aryl methyl sites for hydroxylation is 2. The minimum atomic E-state index is -0.424. The molecule has 0 atom stereocenters. The first-order chi connectivity index (χ1) is 14.9. The van der Waals surface area contributed by atoms with E-state index in [1.807, 2.05) is 45.3 Å². The molecular formula is C24H26N4O3. The highest BCUT2D eigenvalue weighted by Crippen LogP contribution is 2.33. The fourth-order valence-electron chi connectivity index (χ4n) is 3.37. The van der Waals surface area contributed by atoms with Gasteiger partial charge in [-0.2, -0.15) is 0 Å². The number of carbonyl (C=O) groups excluding carboxylic acids is 1. The van der Waals surface area contributed by atoms with Gasteiger partial charge in [0, 0.05) is 29.1 Å². The van der Waals surface area contributed by atoms with Crippen molar-refractivity contribution in [1.82, 2.24) is 9.88 Å². The minimum Gasteiger partial charge on any atom is -0.348 e. The number of rotatable bonds is 9. The molecule has 1 aromatic heterocycles. The lowest BCUT2D eigenvalue weighted by Gasteiger charge is -2.16. The molecule has 0 amide bonds. The van der Waals surface area contributed by atoms with Crippen LogP contribution >= 0.6 is 0 Å². The summed E-state index contributed by atoms with van der Waals surface area (Å²) < 4.78 is 0. The van der Waals surface area contributed by atoms with Gasteiger partial charge in [0.25, 0.3) is 5.69 Å². The molecule has 7 nitrogen and oxygen atoms in total. The van der Waals surface area contributed by atoms with Crippen molar-refractivity contribution in [1.29, 1.82) is 0 Å². The van der Waals surface area contributed by atoms with Gasteiger partial charge in [-0.25, -0.2) is 0 Å². The summed E-state index contributed by atoms with van der Waals surface area (Å²) in [6.45, 7) is 2.75. The Labute approximate surface area is 181 Å². The van der Waals surface area contributed by atoms with Crippen molar-refractivity contribution in [2.45, 2.75) is 19.8 Å². The lowest BCUT2D eigenvalue weighted by atomic mass is 9.99. The molecule has 2 aromatic carbocycles. The van der Waals surface area contributed by atoms with Gasteiger partial charge in [-0.3, -0.25) is 19.9 Å². The summed E-state index contributed by atoms with van der Waals surface area (Å²) >= 11 is 0. The van der Waals surface area contributed by atoms with E-state index in [4.69, 9.17) is 0 Å². The summed E-state index contributed by atoms with van der Waals surface area (Å²) in [5, 5.41) is 14.9. The molecule has 3 aromatic rings. The smallest absolute Gasteiger partial charge is 0.296 e. The molecule has 0 aliphatic carbocycles. The van der Waals surface area contributed by atoms with Gasteiger partial charge in [0.1, 0.15) is 5.69 Å². The molecule has 1 N–H and O–H groups in total. The van der Waals surface area contributed by atoms with E-state index in [0.717, 1.165) is 18.5 Å². The normalized spacial score (nSPS) is 10.8. The molecule has 160 valence electrons. The summed E-state index contributed by atoms with van der Waals surface area (Å²) in [6, 6.07) is 15.8. The Balaban J connectivity index is 2.02. The average molecular weight is 418 g/mol. The van der Waals surface area contributed by atoms with Crippen LogP contribution in [0.4, 0.5) is 17.1 Å². The topological polar surface area (TPSA) is 88.4 Å². The molecule has 0 saturated carbocycles. The Morgan fingerprint density at radius 2 is 1.87 bits per heavy atom. The van der Waals surface area contributed by atoms with Gasteiger partial charge in [0.2, 0.25) is 0 Å². The summed E-state index contributed by atoms with van der Waals surface area (Å²) in [6.07, 6.45) is 2.84. The van der Waals surface area contributed by atoms with Gasteiger partial charge in [0.15, 0.2) is 5.78 Å². The highest BCUT2D eigenvalue weighted by Gasteiger charge is 2.21. The zero-order chi connectivity index (χ0) is 22.4. The van der Waals surface area contributed by atoms with Gasteiger partial charge in [-0.05, 0) is 52.5 Å². The predicted octanol–water partition coefficient (Wildman–Crippen LogP) is 4.77. The van der Waals surface area contributed by atoms with E-state index in [1.54, 1.807) is 24.3 Å². The van der Waals surface area contributed by atoms with Crippen molar-refractivity contribution in [2.75, 3.05) is 26.0 Å². The molecule has 0 aliphatic heterocycles. The van der Waals surface area contributed by atoms with Crippen LogP contribution in [0, 0.1) is 17.0 Å². The summed E-state index contributed by atoms with van der Waals surface area (Å²) in [4.78, 5) is 30.9. The van der Waals surface area contributed by atoms with Gasteiger partial charge in [0.05, 0.1) is 10.6 Å². The zero-order valence-corrected chi connectivity index (χ0v) is 18.0. The van der Waals surface area contributed by atoms with Crippen molar-refractivity contribution in [2.24, 2.45) is 0 Å². The van der Waals surface area contributed by atoms with Crippen LogP contribution in [0.1, 0.15) is 33.6 Å². The third kappa shape index (κ3) is 5.52. The van der Waals surface area contributed by atoms with E-state index in [-0.39, 0.29) is 11.5 Å². The number of nitrogens with zero attached hydrogens (tertiary/aromatic N) is 3. The second kappa shape index (κ2) is 9.95. The highest BCUT2D eigenvalue weighted by atomic mass is 16.6. The monoisotopic (exact) mass is 418 g/mol. The van der Waals surface area contributed by atoms with Crippen molar-refractivity contribution in [3.63, 3.8) is 0 Å². The molecule has 3 rings (SSSR count). The standard InChI is InChI=1S/C24H26N4O3/c1-17-11-12-20(19(16-17)24(29)18-8-5-4-6-9-18)26-23-21(10-7-15-27(2)3)25-14-13-22(23)28(30)31/h4-6,8-9,11-14,16,26H,7,10,15H2,1-3H3. The fourth-order valence-corrected chi connectivity index (χ4v) is 3.37. The molecule has 0 bridgehead atoms. The number of aromatic nitrogens is 1. The van der Waals surface area contributed by atoms with Crippen molar-refractivity contribution < 1.29 is 9.72 Å². The third-order valence-corrected chi connectivity index (χ3v) is 4.94. The van der Waals surface area contributed by atoms with Crippen LogP contribution in [0.3, 0.4) is 0 Å². The number of pyridine rings is 1. The number of hydrogen-bond acceptors (Lipinski definition) is 6. The van der Waals surface area contributed by atoms with Crippen molar-refractivity contribution in [3.05, 3.63) is 93.3 Å². The van der Waals surface area contributed by atoms with E-state index >= 15 is 0 Å². The van der Waals surface area contributed by atoms with E-state index in [2.05, 4.69) is 15.2 Å². The van der Waals surface area contributed by atoms with Crippen LogP contribution < -0.4 is 5.32 Å². The summed E-state index contributed by atoms with van der Waals surface area (Å²) in [5.41, 5.74) is 3.34. The Kier molecular flexibility index (Phi) is 7.10. The van der Waals surface area contributed by atoms with Gasteiger partial charge >= 0.3 is 0 Å². The molecule has 0 unspecified atom stereocenters.